The van der Waals surface area contributed by atoms with E-state index in [9.17, 15) is 4.79 Å². The largest absolute Gasteiger partial charge is 0.487 e. The Labute approximate surface area is 125 Å². The monoisotopic (exact) mass is 314 g/mol. The van der Waals surface area contributed by atoms with Crippen molar-refractivity contribution >= 4 is 23.2 Å². The maximum atomic E-state index is 11.7. The van der Waals surface area contributed by atoms with Crippen molar-refractivity contribution in [3.63, 3.8) is 0 Å². The minimum absolute atomic E-state index is 0.0682. The quantitative estimate of drug-likeness (QED) is 0.581. The number of rotatable bonds is 6. The summed E-state index contributed by atoms with van der Waals surface area (Å²) >= 11 is 6.01. The van der Waals surface area contributed by atoms with Crippen LogP contribution in [0.25, 0.3) is 5.65 Å². The van der Waals surface area contributed by atoms with E-state index in [0.717, 1.165) is 0 Å². The van der Waals surface area contributed by atoms with E-state index in [2.05, 4.69) is 10.1 Å². The first-order chi connectivity index (χ1) is 10.1. The van der Waals surface area contributed by atoms with Crippen molar-refractivity contribution in [2.24, 2.45) is 5.73 Å². The molecule has 0 aromatic carbocycles. The standard InChI is InChI=1S/C12H15ClN4O4/c1-2-20-12(19)8-3-15-17-4-9(10(13)16-11(8)17)21-6-7(14)5-18/h3-4,7,18H,2,5-6,14H2,1H3/t7-/m1/s1. The zero-order chi connectivity index (χ0) is 15.4. The number of nitrogens with zero attached hydrogens (tertiary/aromatic N) is 3. The fraction of sp³-hybridized carbons (Fsp3) is 0.417. The third kappa shape index (κ3) is 3.41. The number of esters is 1. The summed E-state index contributed by atoms with van der Waals surface area (Å²) in [7, 11) is 0. The number of ether oxygens (including phenoxy) is 2. The van der Waals surface area contributed by atoms with Crippen LogP contribution >= 0.6 is 11.6 Å². The molecule has 2 rings (SSSR count). The number of aliphatic hydroxyl groups excluding tert-OH is 1. The van der Waals surface area contributed by atoms with Gasteiger partial charge in [-0.1, -0.05) is 11.6 Å². The Bertz CT molecular complexity index is 645. The summed E-state index contributed by atoms with van der Waals surface area (Å²) < 4.78 is 11.6. The van der Waals surface area contributed by atoms with E-state index in [4.69, 9.17) is 31.9 Å². The van der Waals surface area contributed by atoms with E-state index in [1.54, 1.807) is 6.92 Å². The summed E-state index contributed by atoms with van der Waals surface area (Å²) in [5, 5.41) is 12.9. The van der Waals surface area contributed by atoms with E-state index in [-0.39, 0.29) is 41.9 Å². The number of carbonyl (C=O) groups excluding carboxylic acids is 1. The second-order valence-corrected chi connectivity index (χ2v) is 4.55. The van der Waals surface area contributed by atoms with Gasteiger partial charge in [0.1, 0.15) is 12.2 Å². The highest BCUT2D eigenvalue weighted by atomic mass is 35.5. The molecule has 0 aliphatic carbocycles. The van der Waals surface area contributed by atoms with Crippen molar-refractivity contribution in [1.82, 2.24) is 14.6 Å². The van der Waals surface area contributed by atoms with Crippen LogP contribution in [0.2, 0.25) is 5.15 Å². The molecule has 0 unspecified atom stereocenters. The van der Waals surface area contributed by atoms with Gasteiger partial charge in [-0.25, -0.2) is 14.3 Å². The molecule has 1 atom stereocenters. The Balaban J connectivity index is 2.28. The van der Waals surface area contributed by atoms with Gasteiger partial charge in [-0.3, -0.25) is 0 Å². The summed E-state index contributed by atoms with van der Waals surface area (Å²) in [5.41, 5.74) is 6.03. The fourth-order valence-corrected chi connectivity index (χ4v) is 1.76. The van der Waals surface area contributed by atoms with E-state index < -0.39 is 12.0 Å². The average molecular weight is 315 g/mol. The van der Waals surface area contributed by atoms with Crippen molar-refractivity contribution < 1.29 is 19.4 Å². The maximum absolute atomic E-state index is 11.7. The van der Waals surface area contributed by atoms with Crippen LogP contribution in [-0.2, 0) is 4.74 Å². The van der Waals surface area contributed by atoms with Gasteiger partial charge in [0.05, 0.1) is 31.6 Å². The molecule has 0 spiro atoms. The van der Waals surface area contributed by atoms with Crippen LogP contribution < -0.4 is 10.5 Å². The average Bonchev–Trinajstić information content (AvgIpc) is 2.87. The van der Waals surface area contributed by atoms with E-state index >= 15 is 0 Å². The second-order valence-electron chi connectivity index (χ2n) is 4.20. The van der Waals surface area contributed by atoms with Crippen molar-refractivity contribution in [3.05, 3.63) is 23.1 Å². The lowest BCUT2D eigenvalue weighted by Crippen LogP contribution is -2.31. The van der Waals surface area contributed by atoms with Crippen LogP contribution in [0.1, 0.15) is 17.3 Å². The molecular formula is C12H15ClN4O4. The zero-order valence-corrected chi connectivity index (χ0v) is 12.1. The third-order valence-electron chi connectivity index (χ3n) is 2.60. The minimum Gasteiger partial charge on any atom is -0.487 e. The van der Waals surface area contributed by atoms with Gasteiger partial charge in [0.25, 0.3) is 0 Å². The molecule has 0 aliphatic rings. The van der Waals surface area contributed by atoms with Crippen molar-refractivity contribution in [2.45, 2.75) is 13.0 Å². The summed E-state index contributed by atoms with van der Waals surface area (Å²) in [5.74, 6) is -0.265. The number of nitrogens with two attached hydrogens (primary N) is 1. The van der Waals surface area contributed by atoms with Crippen LogP contribution in [-0.4, -0.2) is 51.5 Å². The normalized spacial score (nSPS) is 12.4. The molecule has 8 nitrogen and oxygen atoms in total. The van der Waals surface area contributed by atoms with Crippen molar-refractivity contribution in [2.75, 3.05) is 19.8 Å². The van der Waals surface area contributed by atoms with Crippen LogP contribution in [0, 0.1) is 0 Å². The number of carbonyl (C=O) groups is 1. The molecule has 0 fully saturated rings. The lowest BCUT2D eigenvalue weighted by molar-refractivity contribution is 0.0528. The van der Waals surface area contributed by atoms with Crippen LogP contribution in [0.15, 0.2) is 12.4 Å². The van der Waals surface area contributed by atoms with E-state index in [0.29, 0.717) is 0 Å². The number of halogens is 1. The molecular weight excluding hydrogens is 300 g/mol. The molecule has 0 saturated heterocycles. The van der Waals surface area contributed by atoms with Gasteiger partial charge in [0.2, 0.25) is 0 Å². The van der Waals surface area contributed by atoms with Gasteiger partial charge in [-0.05, 0) is 6.92 Å². The molecule has 9 heteroatoms. The van der Waals surface area contributed by atoms with Crippen molar-refractivity contribution in [3.8, 4) is 5.75 Å². The third-order valence-corrected chi connectivity index (χ3v) is 2.87. The molecule has 0 amide bonds. The number of aromatic nitrogens is 3. The first-order valence-corrected chi connectivity index (χ1v) is 6.64. The van der Waals surface area contributed by atoms with Crippen LogP contribution in [0.5, 0.6) is 5.75 Å². The Morgan fingerprint density at radius 2 is 2.38 bits per heavy atom. The van der Waals surface area contributed by atoms with Gasteiger partial charge < -0.3 is 20.3 Å². The Kier molecular flexibility index (Phi) is 4.94. The first kappa shape index (κ1) is 15.5. The van der Waals surface area contributed by atoms with Crippen LogP contribution in [0.3, 0.4) is 0 Å². The Morgan fingerprint density at radius 1 is 1.62 bits per heavy atom. The van der Waals surface area contributed by atoms with Gasteiger partial charge in [0, 0.05) is 0 Å². The molecule has 21 heavy (non-hydrogen) atoms. The Hall–Kier alpha value is -1.90. The van der Waals surface area contributed by atoms with E-state index in [1.165, 1.54) is 16.9 Å². The predicted molar refractivity (Wildman–Crippen MR) is 74.5 cm³/mol. The molecule has 0 radical (unpaired) electrons. The number of aliphatic hydroxyl groups is 1. The first-order valence-electron chi connectivity index (χ1n) is 6.27. The topological polar surface area (TPSA) is 112 Å². The van der Waals surface area contributed by atoms with Crippen LogP contribution in [0.4, 0.5) is 0 Å². The lowest BCUT2D eigenvalue weighted by atomic mass is 10.3. The highest BCUT2D eigenvalue weighted by molar-refractivity contribution is 6.31. The second kappa shape index (κ2) is 6.70. The van der Waals surface area contributed by atoms with E-state index in [1.807, 2.05) is 0 Å². The van der Waals surface area contributed by atoms with Crippen molar-refractivity contribution in [1.29, 1.82) is 0 Å². The summed E-state index contributed by atoms with van der Waals surface area (Å²) in [6.07, 6.45) is 2.83. The summed E-state index contributed by atoms with van der Waals surface area (Å²) in [6.45, 7) is 1.84. The SMILES string of the molecule is CCOC(=O)c1cnn2cc(OC[C@H](N)CO)c(Cl)nc12. The van der Waals surface area contributed by atoms with Gasteiger partial charge in [-0.2, -0.15) is 5.10 Å². The number of hydrogen-bond acceptors (Lipinski definition) is 7. The van der Waals surface area contributed by atoms with Gasteiger partial charge in [0.15, 0.2) is 16.5 Å². The lowest BCUT2D eigenvalue weighted by Gasteiger charge is -2.11. The predicted octanol–water partition coefficient (Wildman–Crippen LogP) is 0.258. The zero-order valence-electron chi connectivity index (χ0n) is 11.3. The Morgan fingerprint density at radius 3 is 3.05 bits per heavy atom. The molecule has 114 valence electrons. The molecule has 2 aromatic rings. The molecule has 0 saturated carbocycles. The van der Waals surface area contributed by atoms with Gasteiger partial charge >= 0.3 is 5.97 Å². The summed E-state index contributed by atoms with van der Waals surface area (Å²) in [6, 6.07) is -0.524. The molecule has 3 N–H and O–H groups in total. The summed E-state index contributed by atoms with van der Waals surface area (Å²) in [4.78, 5) is 15.8. The van der Waals surface area contributed by atoms with Gasteiger partial charge in [-0.15, -0.1) is 0 Å². The minimum atomic E-state index is -0.524. The maximum Gasteiger partial charge on any atom is 0.343 e. The molecule has 2 aromatic heterocycles. The smallest absolute Gasteiger partial charge is 0.343 e. The molecule has 0 aliphatic heterocycles. The highest BCUT2D eigenvalue weighted by Crippen LogP contribution is 2.24. The highest BCUT2D eigenvalue weighted by Gasteiger charge is 2.17. The molecule has 0 bridgehead atoms. The molecule has 2 heterocycles. The number of hydrogen-bond donors (Lipinski definition) is 2. The number of fused-ring (bicyclic) bond motifs is 1. The fourth-order valence-electron chi connectivity index (χ4n) is 1.57.